The van der Waals surface area contributed by atoms with E-state index in [4.69, 9.17) is 4.74 Å². The van der Waals surface area contributed by atoms with Gasteiger partial charge in [0.25, 0.3) is 0 Å². The minimum atomic E-state index is -0.431. The van der Waals surface area contributed by atoms with E-state index < -0.39 is 5.54 Å². The van der Waals surface area contributed by atoms with E-state index >= 15 is 0 Å². The van der Waals surface area contributed by atoms with Crippen molar-refractivity contribution in [2.45, 2.75) is 51.3 Å². The summed E-state index contributed by atoms with van der Waals surface area (Å²) in [5.74, 6) is 0. The normalized spacial score (nSPS) is 27.1. The van der Waals surface area contributed by atoms with Crippen LogP contribution in [0.1, 0.15) is 33.6 Å². The molecule has 1 fully saturated rings. The number of morpholine rings is 1. The third-order valence-corrected chi connectivity index (χ3v) is 3.75. The molecule has 0 bridgehead atoms. The fourth-order valence-corrected chi connectivity index (χ4v) is 2.31. The zero-order valence-corrected chi connectivity index (χ0v) is 11.5. The van der Waals surface area contributed by atoms with E-state index in [-0.39, 0.29) is 0 Å². The van der Waals surface area contributed by atoms with Crippen LogP contribution in [0.4, 0.5) is 0 Å². The largest absolute Gasteiger partial charge is 0.376 e. The van der Waals surface area contributed by atoms with Crippen molar-refractivity contribution in [1.29, 1.82) is 5.26 Å². The summed E-state index contributed by atoms with van der Waals surface area (Å²) in [4.78, 5) is 2.44. The summed E-state index contributed by atoms with van der Waals surface area (Å²) in [6.07, 6.45) is 2.26. The molecule has 0 radical (unpaired) electrons. The zero-order chi connectivity index (χ0) is 12.9. The Kier molecular flexibility index (Phi) is 5.38. The topological polar surface area (TPSA) is 48.3 Å². The first-order valence-corrected chi connectivity index (χ1v) is 6.50. The van der Waals surface area contributed by atoms with Crippen LogP contribution in [0.5, 0.6) is 0 Å². The monoisotopic (exact) mass is 239 g/mol. The maximum Gasteiger partial charge on any atom is 0.105 e. The van der Waals surface area contributed by atoms with Crippen molar-refractivity contribution >= 4 is 0 Å². The van der Waals surface area contributed by atoms with E-state index in [1.54, 1.807) is 0 Å². The maximum absolute atomic E-state index is 9.17. The highest BCUT2D eigenvalue weighted by Crippen LogP contribution is 2.18. The minimum absolute atomic E-state index is 0.356. The molecule has 1 saturated heterocycles. The SMILES string of the molecule is CCC1CN(C(C)CC(C)(C#N)NC)CCO1. The van der Waals surface area contributed by atoms with Crippen molar-refractivity contribution in [2.24, 2.45) is 0 Å². The van der Waals surface area contributed by atoms with E-state index in [2.05, 4.69) is 30.1 Å². The number of ether oxygens (including phenoxy) is 1. The van der Waals surface area contributed by atoms with E-state index in [0.717, 1.165) is 32.5 Å². The Morgan fingerprint density at radius 2 is 2.35 bits per heavy atom. The first-order valence-electron chi connectivity index (χ1n) is 6.50. The number of nitrogens with one attached hydrogen (secondary N) is 1. The summed E-state index contributed by atoms with van der Waals surface area (Å²) >= 11 is 0. The lowest BCUT2D eigenvalue weighted by atomic mass is 9.94. The van der Waals surface area contributed by atoms with E-state index in [0.29, 0.717) is 12.1 Å². The van der Waals surface area contributed by atoms with E-state index in [9.17, 15) is 5.26 Å². The van der Waals surface area contributed by atoms with Crippen molar-refractivity contribution < 1.29 is 4.74 Å². The fourth-order valence-electron chi connectivity index (χ4n) is 2.31. The third-order valence-electron chi connectivity index (χ3n) is 3.75. The number of hydrogen-bond acceptors (Lipinski definition) is 4. The Morgan fingerprint density at radius 3 is 2.88 bits per heavy atom. The standard InChI is InChI=1S/C13H25N3O/c1-5-12-9-16(6-7-17-12)11(2)8-13(3,10-14)15-4/h11-12,15H,5-9H2,1-4H3. The van der Waals surface area contributed by atoms with Crippen LogP contribution in [-0.2, 0) is 4.74 Å². The molecule has 0 aromatic rings. The number of nitriles is 1. The van der Waals surface area contributed by atoms with Gasteiger partial charge in [0.05, 0.1) is 18.8 Å². The second-order valence-electron chi connectivity index (χ2n) is 5.14. The van der Waals surface area contributed by atoms with Crippen LogP contribution < -0.4 is 5.32 Å². The Labute approximate surface area is 105 Å². The molecule has 4 heteroatoms. The van der Waals surface area contributed by atoms with Crippen LogP contribution in [0.15, 0.2) is 0 Å². The molecule has 17 heavy (non-hydrogen) atoms. The summed E-state index contributed by atoms with van der Waals surface area (Å²) in [7, 11) is 1.85. The van der Waals surface area contributed by atoms with Gasteiger partial charge in [0.2, 0.25) is 0 Å². The molecule has 1 N–H and O–H groups in total. The molecule has 4 nitrogen and oxygen atoms in total. The molecule has 3 atom stereocenters. The molecule has 0 aromatic carbocycles. The number of rotatable bonds is 5. The van der Waals surface area contributed by atoms with Crippen molar-refractivity contribution in [3.63, 3.8) is 0 Å². The van der Waals surface area contributed by atoms with Crippen molar-refractivity contribution in [3.05, 3.63) is 0 Å². The Bertz CT molecular complexity index is 276. The Morgan fingerprint density at radius 1 is 1.65 bits per heavy atom. The number of hydrogen-bond donors (Lipinski definition) is 1. The molecule has 0 spiro atoms. The van der Waals surface area contributed by atoms with Gasteiger partial charge < -0.3 is 10.1 Å². The second kappa shape index (κ2) is 6.34. The molecule has 0 aliphatic carbocycles. The lowest BCUT2D eigenvalue weighted by Crippen LogP contribution is -2.50. The summed E-state index contributed by atoms with van der Waals surface area (Å²) in [6, 6.07) is 2.76. The van der Waals surface area contributed by atoms with Gasteiger partial charge in [-0.1, -0.05) is 6.92 Å². The smallest absolute Gasteiger partial charge is 0.105 e. The highest BCUT2D eigenvalue weighted by atomic mass is 16.5. The van der Waals surface area contributed by atoms with Crippen LogP contribution in [0.25, 0.3) is 0 Å². The first kappa shape index (κ1) is 14.4. The summed E-state index contributed by atoms with van der Waals surface area (Å²) < 4.78 is 5.67. The molecule has 1 aliphatic rings. The molecule has 1 heterocycles. The molecule has 0 aromatic heterocycles. The van der Waals surface area contributed by atoms with Crippen molar-refractivity contribution in [3.8, 4) is 6.07 Å². The summed E-state index contributed by atoms with van der Waals surface area (Å²) in [5.41, 5.74) is -0.431. The fraction of sp³-hybridized carbons (Fsp3) is 0.923. The average Bonchev–Trinajstić information content (AvgIpc) is 2.38. The van der Waals surface area contributed by atoms with E-state index in [1.165, 1.54) is 0 Å². The van der Waals surface area contributed by atoms with Crippen LogP contribution in [-0.4, -0.2) is 49.3 Å². The summed E-state index contributed by atoms with van der Waals surface area (Å²) in [6.45, 7) is 9.09. The van der Waals surface area contributed by atoms with Gasteiger partial charge in [-0.15, -0.1) is 0 Å². The summed E-state index contributed by atoms with van der Waals surface area (Å²) in [5, 5.41) is 12.3. The molecule has 1 rings (SSSR count). The third kappa shape index (κ3) is 3.95. The molecule has 3 unspecified atom stereocenters. The van der Waals surface area contributed by atoms with Gasteiger partial charge in [-0.25, -0.2) is 0 Å². The van der Waals surface area contributed by atoms with Gasteiger partial charge in [0.1, 0.15) is 5.54 Å². The first-order chi connectivity index (χ1) is 8.04. The van der Waals surface area contributed by atoms with Crippen LogP contribution in [0.2, 0.25) is 0 Å². The minimum Gasteiger partial charge on any atom is -0.376 e. The Hall–Kier alpha value is -0.630. The highest BCUT2D eigenvalue weighted by Gasteiger charge is 2.29. The lowest BCUT2D eigenvalue weighted by molar-refractivity contribution is -0.0447. The average molecular weight is 239 g/mol. The lowest BCUT2D eigenvalue weighted by Gasteiger charge is -2.38. The molecular formula is C13H25N3O. The van der Waals surface area contributed by atoms with Crippen molar-refractivity contribution in [2.75, 3.05) is 26.7 Å². The molecule has 1 aliphatic heterocycles. The predicted octanol–water partition coefficient (Wildman–Crippen LogP) is 1.38. The number of nitrogens with zero attached hydrogens (tertiary/aromatic N) is 2. The molecule has 0 amide bonds. The second-order valence-corrected chi connectivity index (χ2v) is 5.14. The predicted molar refractivity (Wildman–Crippen MR) is 68.8 cm³/mol. The van der Waals surface area contributed by atoms with Gasteiger partial charge in [-0.3, -0.25) is 4.90 Å². The van der Waals surface area contributed by atoms with Crippen LogP contribution >= 0.6 is 0 Å². The van der Waals surface area contributed by atoms with Gasteiger partial charge in [0, 0.05) is 19.1 Å². The van der Waals surface area contributed by atoms with Crippen LogP contribution in [0.3, 0.4) is 0 Å². The van der Waals surface area contributed by atoms with Gasteiger partial charge in [-0.05, 0) is 33.7 Å². The van der Waals surface area contributed by atoms with E-state index in [1.807, 2.05) is 14.0 Å². The highest BCUT2D eigenvalue weighted by molar-refractivity contribution is 5.04. The Balaban J connectivity index is 2.52. The van der Waals surface area contributed by atoms with Crippen molar-refractivity contribution in [1.82, 2.24) is 10.2 Å². The molecular weight excluding hydrogens is 214 g/mol. The zero-order valence-electron chi connectivity index (χ0n) is 11.5. The molecule has 98 valence electrons. The van der Waals surface area contributed by atoms with Gasteiger partial charge in [0.15, 0.2) is 0 Å². The van der Waals surface area contributed by atoms with Crippen LogP contribution in [0, 0.1) is 11.3 Å². The quantitative estimate of drug-likeness (QED) is 0.787. The molecule has 0 saturated carbocycles. The van der Waals surface area contributed by atoms with Gasteiger partial charge >= 0.3 is 0 Å². The van der Waals surface area contributed by atoms with Gasteiger partial charge in [-0.2, -0.15) is 5.26 Å². The maximum atomic E-state index is 9.17.